The molecule has 2 N–H and O–H groups in total. The van der Waals surface area contributed by atoms with E-state index in [0.29, 0.717) is 41.1 Å². The Bertz CT molecular complexity index is 1500. The number of nitrogens with zero attached hydrogens (tertiary/aromatic N) is 7. The SMILES string of the molecule is N#Cc1ccn2ncc(-c3ccc4nc(N5CCNCC5)c(=O)n([C@H]5CC[C@H](O)CC5)c4n3)c2c1. The molecule has 1 saturated carbocycles. The van der Waals surface area contributed by atoms with Gasteiger partial charge in [-0.25, -0.2) is 14.5 Å². The van der Waals surface area contributed by atoms with Gasteiger partial charge in [-0.2, -0.15) is 10.4 Å². The van der Waals surface area contributed by atoms with Gasteiger partial charge in [0.25, 0.3) is 5.56 Å². The molecule has 0 amide bonds. The highest BCUT2D eigenvalue weighted by atomic mass is 16.3. The monoisotopic (exact) mass is 470 g/mol. The lowest BCUT2D eigenvalue weighted by Gasteiger charge is -2.31. The summed E-state index contributed by atoms with van der Waals surface area (Å²) in [5, 5.41) is 27.1. The molecule has 10 nitrogen and oxygen atoms in total. The maximum Gasteiger partial charge on any atom is 0.295 e. The lowest BCUT2D eigenvalue weighted by atomic mass is 9.93. The number of rotatable bonds is 3. The van der Waals surface area contributed by atoms with E-state index in [2.05, 4.69) is 21.4 Å². The average Bonchev–Trinajstić information content (AvgIpc) is 3.32. The Morgan fingerprint density at radius 3 is 2.66 bits per heavy atom. The predicted molar refractivity (Wildman–Crippen MR) is 131 cm³/mol. The second kappa shape index (κ2) is 8.76. The summed E-state index contributed by atoms with van der Waals surface area (Å²) in [6.07, 6.45) is 5.92. The van der Waals surface area contributed by atoms with Gasteiger partial charge in [0.1, 0.15) is 5.52 Å². The summed E-state index contributed by atoms with van der Waals surface area (Å²) in [5.41, 5.74) is 3.86. The zero-order valence-corrected chi connectivity index (χ0v) is 19.3. The molecule has 1 saturated heterocycles. The Morgan fingerprint density at radius 1 is 1.09 bits per heavy atom. The molecule has 0 bridgehead atoms. The van der Waals surface area contributed by atoms with Crippen LogP contribution in [0.15, 0.2) is 41.5 Å². The van der Waals surface area contributed by atoms with E-state index in [-0.39, 0.29) is 17.7 Å². The van der Waals surface area contributed by atoms with Crippen LogP contribution in [0.5, 0.6) is 0 Å². The molecule has 1 aliphatic carbocycles. The van der Waals surface area contributed by atoms with Gasteiger partial charge >= 0.3 is 0 Å². The number of aromatic nitrogens is 5. The second-order valence-corrected chi connectivity index (χ2v) is 9.26. The number of aliphatic hydroxyl groups is 1. The van der Waals surface area contributed by atoms with Crippen LogP contribution in [0.4, 0.5) is 5.82 Å². The molecule has 5 heterocycles. The van der Waals surface area contributed by atoms with Crippen molar-refractivity contribution in [1.29, 1.82) is 5.26 Å². The van der Waals surface area contributed by atoms with E-state index >= 15 is 0 Å². The van der Waals surface area contributed by atoms with E-state index in [1.54, 1.807) is 29.0 Å². The van der Waals surface area contributed by atoms with Gasteiger partial charge in [-0.15, -0.1) is 0 Å². The van der Waals surface area contributed by atoms with Gasteiger partial charge < -0.3 is 15.3 Å². The normalized spacial score (nSPS) is 20.9. The molecule has 0 atom stereocenters. The number of anilines is 1. The Balaban J connectivity index is 1.54. The number of hydrogen-bond donors (Lipinski definition) is 2. The number of piperazine rings is 1. The van der Waals surface area contributed by atoms with E-state index in [1.165, 1.54) is 0 Å². The van der Waals surface area contributed by atoms with Crippen molar-refractivity contribution >= 4 is 22.5 Å². The number of aliphatic hydroxyl groups excluding tert-OH is 1. The summed E-state index contributed by atoms with van der Waals surface area (Å²) in [6, 6.07) is 9.44. The Morgan fingerprint density at radius 2 is 1.89 bits per heavy atom. The first-order chi connectivity index (χ1) is 17.1. The molecular weight excluding hydrogens is 444 g/mol. The summed E-state index contributed by atoms with van der Waals surface area (Å²) in [5.74, 6) is 0.467. The summed E-state index contributed by atoms with van der Waals surface area (Å²) in [6.45, 7) is 3.08. The van der Waals surface area contributed by atoms with Crippen LogP contribution in [0, 0.1) is 11.3 Å². The van der Waals surface area contributed by atoms with Gasteiger partial charge in [-0.1, -0.05) is 0 Å². The molecule has 1 aliphatic heterocycles. The molecule has 178 valence electrons. The van der Waals surface area contributed by atoms with E-state index < -0.39 is 0 Å². The van der Waals surface area contributed by atoms with Crippen molar-refractivity contribution in [2.24, 2.45) is 0 Å². The van der Waals surface area contributed by atoms with Crippen LogP contribution in [0.2, 0.25) is 0 Å². The van der Waals surface area contributed by atoms with E-state index in [0.717, 1.165) is 50.1 Å². The molecule has 0 unspecified atom stereocenters. The topological polar surface area (TPSA) is 124 Å². The number of hydrogen-bond acceptors (Lipinski definition) is 8. The third-order valence-electron chi connectivity index (χ3n) is 7.09. The van der Waals surface area contributed by atoms with Crippen molar-refractivity contribution in [3.63, 3.8) is 0 Å². The van der Waals surface area contributed by atoms with Crippen LogP contribution in [0.25, 0.3) is 27.9 Å². The van der Waals surface area contributed by atoms with Crippen LogP contribution >= 0.6 is 0 Å². The van der Waals surface area contributed by atoms with Gasteiger partial charge in [-0.05, 0) is 49.9 Å². The molecule has 6 rings (SSSR count). The lowest BCUT2D eigenvalue weighted by molar-refractivity contribution is 0.111. The summed E-state index contributed by atoms with van der Waals surface area (Å²) < 4.78 is 3.52. The number of nitrogens with one attached hydrogen (secondary N) is 1. The fourth-order valence-corrected chi connectivity index (χ4v) is 5.21. The molecule has 0 spiro atoms. The van der Waals surface area contributed by atoms with Crippen molar-refractivity contribution in [1.82, 2.24) is 29.5 Å². The van der Waals surface area contributed by atoms with Gasteiger partial charge in [0.2, 0.25) is 0 Å². The van der Waals surface area contributed by atoms with Crippen LogP contribution in [0.3, 0.4) is 0 Å². The Labute approximate surface area is 201 Å². The minimum absolute atomic E-state index is 0.0464. The van der Waals surface area contributed by atoms with E-state index in [1.807, 2.05) is 16.7 Å². The Hall–Kier alpha value is -3.81. The molecule has 2 fully saturated rings. The van der Waals surface area contributed by atoms with Crippen LogP contribution < -0.4 is 15.8 Å². The summed E-state index contributed by atoms with van der Waals surface area (Å²) in [4.78, 5) is 25.6. The standard InChI is InChI=1S/C25H26N8O2/c26-14-16-7-10-32-22(13-16)19(15-28-32)20-5-6-21-23(29-20)33(17-1-3-18(34)4-2-17)25(35)24(30-21)31-11-8-27-9-12-31/h5-7,10,13,15,17-18,27,34H,1-4,8-9,11-12H2/t17-,18-. The minimum atomic E-state index is -0.320. The fraction of sp³-hybridized carbons (Fsp3) is 0.400. The summed E-state index contributed by atoms with van der Waals surface area (Å²) in [7, 11) is 0. The van der Waals surface area contributed by atoms with Crippen molar-refractivity contribution in [3.8, 4) is 17.3 Å². The second-order valence-electron chi connectivity index (χ2n) is 9.26. The van der Waals surface area contributed by atoms with Crippen LogP contribution in [0.1, 0.15) is 37.3 Å². The maximum absolute atomic E-state index is 13.8. The molecule has 2 aliphatic rings. The molecule has 0 aromatic carbocycles. The minimum Gasteiger partial charge on any atom is -0.393 e. The van der Waals surface area contributed by atoms with E-state index in [4.69, 9.17) is 9.97 Å². The van der Waals surface area contributed by atoms with Crippen LogP contribution in [-0.2, 0) is 0 Å². The quantitative estimate of drug-likeness (QED) is 0.465. The highest BCUT2D eigenvalue weighted by Gasteiger charge is 2.27. The highest BCUT2D eigenvalue weighted by molar-refractivity contribution is 5.83. The fourth-order valence-electron chi connectivity index (χ4n) is 5.21. The van der Waals surface area contributed by atoms with Crippen molar-refractivity contribution in [2.75, 3.05) is 31.1 Å². The highest BCUT2D eigenvalue weighted by Crippen LogP contribution is 2.31. The lowest BCUT2D eigenvalue weighted by Crippen LogP contribution is -2.47. The largest absolute Gasteiger partial charge is 0.393 e. The third-order valence-corrected chi connectivity index (χ3v) is 7.09. The number of nitriles is 1. The van der Waals surface area contributed by atoms with Crippen molar-refractivity contribution in [2.45, 2.75) is 37.8 Å². The molecule has 4 aromatic heterocycles. The zero-order chi connectivity index (χ0) is 23.9. The first-order valence-corrected chi connectivity index (χ1v) is 12.1. The molecule has 0 radical (unpaired) electrons. The maximum atomic E-state index is 13.8. The average molecular weight is 471 g/mol. The predicted octanol–water partition coefficient (Wildman–Crippen LogP) is 1.86. The first kappa shape index (κ1) is 21.7. The Kier molecular flexibility index (Phi) is 5.43. The van der Waals surface area contributed by atoms with Gasteiger partial charge in [0.15, 0.2) is 11.5 Å². The first-order valence-electron chi connectivity index (χ1n) is 12.1. The van der Waals surface area contributed by atoms with Gasteiger partial charge in [0.05, 0.1) is 35.1 Å². The smallest absolute Gasteiger partial charge is 0.295 e. The van der Waals surface area contributed by atoms with Crippen molar-refractivity contribution < 1.29 is 5.11 Å². The number of fused-ring (bicyclic) bond motifs is 2. The molecule has 4 aromatic rings. The van der Waals surface area contributed by atoms with Crippen molar-refractivity contribution in [3.05, 3.63) is 52.6 Å². The molecular formula is C25H26N8O2. The van der Waals surface area contributed by atoms with Crippen LogP contribution in [-0.4, -0.2) is 61.5 Å². The summed E-state index contributed by atoms with van der Waals surface area (Å²) >= 11 is 0. The van der Waals surface area contributed by atoms with Gasteiger partial charge in [-0.3, -0.25) is 9.36 Å². The number of pyridine rings is 2. The zero-order valence-electron chi connectivity index (χ0n) is 19.3. The third kappa shape index (κ3) is 3.83. The molecule has 10 heteroatoms. The van der Waals surface area contributed by atoms with E-state index in [9.17, 15) is 15.2 Å². The molecule has 35 heavy (non-hydrogen) atoms. The van der Waals surface area contributed by atoms with Gasteiger partial charge in [0, 0.05) is 44.0 Å².